The average molecular weight is 332 g/mol. The van der Waals surface area contributed by atoms with Gasteiger partial charge in [-0.2, -0.15) is 0 Å². The van der Waals surface area contributed by atoms with Crippen LogP contribution in [0.5, 0.6) is 5.75 Å². The van der Waals surface area contributed by atoms with E-state index in [-0.39, 0.29) is 24.9 Å². The first kappa shape index (κ1) is 17.1. The van der Waals surface area contributed by atoms with Crippen molar-refractivity contribution in [2.45, 2.75) is 19.4 Å². The molecule has 1 fully saturated rings. The van der Waals surface area contributed by atoms with Crippen molar-refractivity contribution in [2.75, 3.05) is 25.0 Å². The smallest absolute Gasteiger partial charge is 0.404 e. The van der Waals surface area contributed by atoms with E-state index in [4.69, 9.17) is 4.74 Å². The Morgan fingerprint density at radius 3 is 2.70 bits per heavy atom. The molecule has 1 aliphatic rings. The molecule has 0 aliphatic carbocycles. The molecule has 0 unspecified atom stereocenters. The summed E-state index contributed by atoms with van der Waals surface area (Å²) in [5.74, 6) is -2.45. The van der Waals surface area contributed by atoms with Gasteiger partial charge in [-0.3, -0.25) is 9.59 Å². The standard InChI is InChI=1S/C14H15F3N2O4/c1-9-8-19(6-7-22-9)13(21)12(20)18-10-4-2-3-5-11(10)23-14(15,16)17/h2-5,9H,6-8H2,1H3,(H,18,20)/t9-/m0/s1. The van der Waals surface area contributed by atoms with E-state index in [2.05, 4.69) is 10.1 Å². The van der Waals surface area contributed by atoms with Crippen molar-refractivity contribution in [3.05, 3.63) is 24.3 Å². The minimum Gasteiger partial charge on any atom is -0.404 e. The van der Waals surface area contributed by atoms with Gasteiger partial charge in [-0.25, -0.2) is 0 Å². The fourth-order valence-electron chi connectivity index (χ4n) is 2.11. The van der Waals surface area contributed by atoms with Gasteiger partial charge >= 0.3 is 18.2 Å². The Hall–Kier alpha value is -2.29. The minimum atomic E-state index is -4.90. The number of nitrogens with zero attached hydrogens (tertiary/aromatic N) is 1. The summed E-state index contributed by atoms with van der Waals surface area (Å²) >= 11 is 0. The van der Waals surface area contributed by atoms with Crippen molar-refractivity contribution in [2.24, 2.45) is 0 Å². The van der Waals surface area contributed by atoms with E-state index >= 15 is 0 Å². The number of hydrogen-bond acceptors (Lipinski definition) is 4. The number of carbonyl (C=O) groups excluding carboxylic acids is 2. The van der Waals surface area contributed by atoms with Crippen LogP contribution in [0.3, 0.4) is 0 Å². The lowest BCUT2D eigenvalue weighted by molar-refractivity contribution is -0.274. The summed E-state index contributed by atoms with van der Waals surface area (Å²) in [6.07, 6.45) is -5.11. The second-order valence-electron chi connectivity index (χ2n) is 4.93. The molecule has 0 radical (unpaired) electrons. The number of alkyl halides is 3. The molecule has 1 aromatic carbocycles. The molecule has 1 N–H and O–H groups in total. The predicted molar refractivity (Wildman–Crippen MR) is 73.7 cm³/mol. The van der Waals surface area contributed by atoms with Gasteiger partial charge in [0.25, 0.3) is 0 Å². The third kappa shape index (κ3) is 4.85. The van der Waals surface area contributed by atoms with E-state index in [1.54, 1.807) is 6.92 Å². The Morgan fingerprint density at radius 1 is 1.35 bits per heavy atom. The zero-order valence-electron chi connectivity index (χ0n) is 12.2. The first-order chi connectivity index (χ1) is 10.8. The Kier molecular flexibility index (Phi) is 5.09. The molecular weight excluding hydrogens is 317 g/mol. The monoisotopic (exact) mass is 332 g/mol. The van der Waals surface area contributed by atoms with E-state index in [1.165, 1.54) is 23.1 Å². The summed E-state index contributed by atoms with van der Waals surface area (Å²) in [4.78, 5) is 25.3. The van der Waals surface area contributed by atoms with Crippen LogP contribution >= 0.6 is 0 Å². The highest BCUT2D eigenvalue weighted by Crippen LogP contribution is 2.29. The highest BCUT2D eigenvalue weighted by molar-refractivity contribution is 6.39. The summed E-state index contributed by atoms with van der Waals surface area (Å²) < 4.78 is 46.1. The number of para-hydroxylation sites is 2. The fourth-order valence-corrected chi connectivity index (χ4v) is 2.11. The van der Waals surface area contributed by atoms with Gasteiger partial charge in [-0.05, 0) is 19.1 Å². The fraction of sp³-hybridized carbons (Fsp3) is 0.429. The molecule has 0 aromatic heterocycles. The molecule has 23 heavy (non-hydrogen) atoms. The van der Waals surface area contributed by atoms with Crippen LogP contribution in [-0.4, -0.2) is 48.9 Å². The van der Waals surface area contributed by atoms with Gasteiger partial charge in [0.2, 0.25) is 0 Å². The van der Waals surface area contributed by atoms with Gasteiger partial charge in [0.05, 0.1) is 18.4 Å². The number of nitrogens with one attached hydrogen (secondary N) is 1. The van der Waals surface area contributed by atoms with Crippen LogP contribution in [0.1, 0.15) is 6.92 Å². The Labute approximate surface area is 130 Å². The van der Waals surface area contributed by atoms with Crippen molar-refractivity contribution in [1.29, 1.82) is 0 Å². The number of amides is 2. The summed E-state index contributed by atoms with van der Waals surface area (Å²) in [5, 5.41) is 2.15. The zero-order valence-corrected chi connectivity index (χ0v) is 12.2. The quantitative estimate of drug-likeness (QED) is 0.838. The van der Waals surface area contributed by atoms with Crippen molar-refractivity contribution in [3.8, 4) is 5.75 Å². The molecule has 126 valence electrons. The molecule has 2 amide bonds. The maximum Gasteiger partial charge on any atom is 0.573 e. The maximum absolute atomic E-state index is 12.3. The summed E-state index contributed by atoms with van der Waals surface area (Å²) in [6.45, 7) is 2.54. The highest BCUT2D eigenvalue weighted by Gasteiger charge is 2.33. The predicted octanol–water partition coefficient (Wildman–Crippen LogP) is 1.77. The number of halogens is 3. The number of benzene rings is 1. The van der Waals surface area contributed by atoms with Gasteiger partial charge in [0.15, 0.2) is 5.75 Å². The van der Waals surface area contributed by atoms with Crippen molar-refractivity contribution < 1.29 is 32.2 Å². The first-order valence-corrected chi connectivity index (χ1v) is 6.83. The molecule has 1 saturated heterocycles. The van der Waals surface area contributed by atoms with Crippen LogP contribution in [0.2, 0.25) is 0 Å². The van der Waals surface area contributed by atoms with Gasteiger partial charge in [0.1, 0.15) is 0 Å². The SMILES string of the molecule is C[C@H]1CN(C(=O)C(=O)Nc2ccccc2OC(F)(F)F)CCO1. The molecule has 1 heterocycles. The number of morpholine rings is 1. The second-order valence-corrected chi connectivity index (χ2v) is 4.93. The van der Waals surface area contributed by atoms with Crippen molar-refractivity contribution >= 4 is 17.5 Å². The Balaban J connectivity index is 2.06. The lowest BCUT2D eigenvalue weighted by Gasteiger charge is -2.30. The molecule has 1 aliphatic heterocycles. The lowest BCUT2D eigenvalue weighted by atomic mass is 10.2. The van der Waals surface area contributed by atoms with Gasteiger partial charge in [-0.1, -0.05) is 12.1 Å². The highest BCUT2D eigenvalue weighted by atomic mass is 19.4. The normalized spacial score (nSPS) is 18.4. The molecule has 0 saturated carbocycles. The number of ether oxygens (including phenoxy) is 2. The zero-order chi connectivity index (χ0) is 17.0. The van der Waals surface area contributed by atoms with E-state index < -0.39 is 23.9 Å². The van der Waals surface area contributed by atoms with E-state index in [9.17, 15) is 22.8 Å². The Bertz CT molecular complexity index is 592. The number of hydrogen-bond donors (Lipinski definition) is 1. The number of anilines is 1. The molecule has 2 rings (SSSR count). The van der Waals surface area contributed by atoms with Crippen molar-refractivity contribution in [1.82, 2.24) is 4.90 Å². The molecule has 9 heteroatoms. The largest absolute Gasteiger partial charge is 0.573 e. The van der Waals surface area contributed by atoms with E-state index in [1.807, 2.05) is 0 Å². The van der Waals surface area contributed by atoms with Crippen LogP contribution in [0, 0.1) is 0 Å². The van der Waals surface area contributed by atoms with E-state index in [0.29, 0.717) is 6.61 Å². The van der Waals surface area contributed by atoms with E-state index in [0.717, 1.165) is 6.07 Å². The number of carbonyl (C=O) groups is 2. The molecule has 0 bridgehead atoms. The third-order valence-corrected chi connectivity index (χ3v) is 3.08. The third-order valence-electron chi connectivity index (χ3n) is 3.08. The van der Waals surface area contributed by atoms with Crippen LogP contribution in [0.15, 0.2) is 24.3 Å². The second kappa shape index (κ2) is 6.86. The van der Waals surface area contributed by atoms with Gasteiger partial charge in [-0.15, -0.1) is 13.2 Å². The van der Waals surface area contributed by atoms with Gasteiger partial charge in [0, 0.05) is 13.1 Å². The Morgan fingerprint density at radius 2 is 2.04 bits per heavy atom. The topological polar surface area (TPSA) is 67.9 Å². The number of rotatable bonds is 2. The first-order valence-electron chi connectivity index (χ1n) is 6.83. The summed E-state index contributed by atoms with van der Waals surface area (Å²) in [7, 11) is 0. The molecule has 0 spiro atoms. The maximum atomic E-state index is 12.3. The van der Waals surface area contributed by atoms with Gasteiger partial charge < -0.3 is 19.7 Å². The van der Waals surface area contributed by atoms with Crippen LogP contribution in [0.4, 0.5) is 18.9 Å². The van der Waals surface area contributed by atoms with Crippen LogP contribution in [-0.2, 0) is 14.3 Å². The molecule has 1 atom stereocenters. The molecular formula is C14H15F3N2O4. The minimum absolute atomic E-state index is 0.207. The summed E-state index contributed by atoms with van der Waals surface area (Å²) in [5.41, 5.74) is -0.232. The average Bonchev–Trinajstić information content (AvgIpc) is 2.47. The molecule has 6 nitrogen and oxygen atoms in total. The van der Waals surface area contributed by atoms with Crippen LogP contribution in [0.25, 0.3) is 0 Å². The summed E-state index contributed by atoms with van der Waals surface area (Å²) in [6, 6.07) is 5.00. The lowest BCUT2D eigenvalue weighted by Crippen LogP contribution is -2.48. The van der Waals surface area contributed by atoms with Crippen molar-refractivity contribution in [3.63, 3.8) is 0 Å². The van der Waals surface area contributed by atoms with Crippen LogP contribution < -0.4 is 10.1 Å². The molecule has 1 aromatic rings.